The van der Waals surface area contributed by atoms with E-state index in [4.69, 9.17) is 0 Å². The van der Waals surface area contributed by atoms with Gasteiger partial charge in [0.25, 0.3) is 5.56 Å². The molecule has 8 heteroatoms. The first-order chi connectivity index (χ1) is 12.6. The fraction of sp³-hybridized carbons (Fsp3) is 0.167. The predicted molar refractivity (Wildman–Crippen MR) is 98.0 cm³/mol. The van der Waals surface area contributed by atoms with Crippen molar-refractivity contribution in [3.8, 4) is 11.3 Å². The highest BCUT2D eigenvalue weighted by Crippen LogP contribution is 2.14. The Morgan fingerprint density at radius 2 is 1.81 bits per heavy atom. The molecule has 3 aromatic rings. The van der Waals surface area contributed by atoms with E-state index in [2.05, 4.69) is 14.8 Å². The van der Waals surface area contributed by atoms with E-state index < -0.39 is 10.0 Å². The lowest BCUT2D eigenvalue weighted by atomic mass is 10.1. The molecule has 0 saturated carbocycles. The lowest BCUT2D eigenvalue weighted by molar-refractivity contribution is 0.536. The van der Waals surface area contributed by atoms with Crippen molar-refractivity contribution in [2.45, 2.75) is 17.9 Å². The van der Waals surface area contributed by atoms with Gasteiger partial charge in [-0.05, 0) is 24.6 Å². The number of pyridine rings is 1. The number of hydrogen-bond donors (Lipinski definition) is 1. The van der Waals surface area contributed by atoms with Crippen molar-refractivity contribution in [1.82, 2.24) is 19.5 Å². The number of benzene rings is 1. The highest BCUT2D eigenvalue weighted by molar-refractivity contribution is 7.89. The third-order valence-electron chi connectivity index (χ3n) is 3.72. The van der Waals surface area contributed by atoms with E-state index in [-0.39, 0.29) is 17.0 Å². The fourth-order valence-electron chi connectivity index (χ4n) is 2.40. The van der Waals surface area contributed by atoms with Gasteiger partial charge in [-0.1, -0.05) is 30.3 Å². The topological polar surface area (TPSA) is 94.0 Å². The molecule has 0 bridgehead atoms. The molecule has 26 heavy (non-hydrogen) atoms. The zero-order valence-corrected chi connectivity index (χ0v) is 14.8. The van der Waals surface area contributed by atoms with Crippen LogP contribution in [0.2, 0.25) is 0 Å². The van der Waals surface area contributed by atoms with Crippen LogP contribution in [0.1, 0.15) is 6.42 Å². The Morgan fingerprint density at radius 1 is 1.00 bits per heavy atom. The van der Waals surface area contributed by atoms with Crippen molar-refractivity contribution in [3.63, 3.8) is 0 Å². The summed E-state index contributed by atoms with van der Waals surface area (Å²) in [6, 6.07) is 15.7. The van der Waals surface area contributed by atoms with Gasteiger partial charge >= 0.3 is 0 Å². The van der Waals surface area contributed by atoms with Crippen molar-refractivity contribution < 1.29 is 8.42 Å². The van der Waals surface area contributed by atoms with Crippen LogP contribution in [0.5, 0.6) is 0 Å². The van der Waals surface area contributed by atoms with Gasteiger partial charge in [0, 0.05) is 37.1 Å². The normalized spacial score (nSPS) is 11.4. The summed E-state index contributed by atoms with van der Waals surface area (Å²) in [5.41, 5.74) is 1.39. The van der Waals surface area contributed by atoms with Crippen molar-refractivity contribution in [3.05, 3.63) is 77.3 Å². The van der Waals surface area contributed by atoms with Gasteiger partial charge in [-0.15, -0.1) is 0 Å². The van der Waals surface area contributed by atoms with Crippen LogP contribution >= 0.6 is 0 Å². The Bertz CT molecular complexity index is 1020. The second kappa shape index (κ2) is 8.03. The third-order valence-corrected chi connectivity index (χ3v) is 5.17. The van der Waals surface area contributed by atoms with E-state index >= 15 is 0 Å². The van der Waals surface area contributed by atoms with E-state index in [0.717, 1.165) is 5.56 Å². The smallest absolute Gasteiger partial charge is 0.266 e. The molecule has 0 radical (unpaired) electrons. The SMILES string of the molecule is O=c1ccc(-c2ccccc2)nn1CCCNS(=O)(=O)c1cccnc1. The van der Waals surface area contributed by atoms with Gasteiger partial charge in [-0.3, -0.25) is 9.78 Å². The highest BCUT2D eigenvalue weighted by atomic mass is 32.2. The van der Waals surface area contributed by atoms with Gasteiger partial charge < -0.3 is 0 Å². The first kappa shape index (κ1) is 18.0. The molecule has 0 aliphatic rings. The third kappa shape index (κ3) is 4.41. The minimum Gasteiger partial charge on any atom is -0.268 e. The van der Waals surface area contributed by atoms with Gasteiger partial charge in [-0.25, -0.2) is 17.8 Å². The summed E-state index contributed by atoms with van der Waals surface area (Å²) in [5, 5.41) is 4.35. The van der Waals surface area contributed by atoms with Crippen LogP contribution in [0.25, 0.3) is 11.3 Å². The van der Waals surface area contributed by atoms with Gasteiger partial charge in [-0.2, -0.15) is 5.10 Å². The Kier molecular flexibility index (Phi) is 5.55. The number of nitrogens with one attached hydrogen (secondary N) is 1. The molecule has 0 unspecified atom stereocenters. The van der Waals surface area contributed by atoms with Crippen molar-refractivity contribution in [2.75, 3.05) is 6.54 Å². The monoisotopic (exact) mass is 370 g/mol. The van der Waals surface area contributed by atoms with Crippen LogP contribution in [0.4, 0.5) is 0 Å². The second-order valence-corrected chi connectivity index (χ2v) is 7.35. The molecule has 0 aliphatic heterocycles. The maximum atomic E-state index is 12.1. The number of nitrogens with zero attached hydrogens (tertiary/aromatic N) is 3. The largest absolute Gasteiger partial charge is 0.268 e. The molecular weight excluding hydrogens is 352 g/mol. The van der Waals surface area contributed by atoms with E-state index in [1.54, 1.807) is 12.1 Å². The summed E-state index contributed by atoms with van der Waals surface area (Å²) in [6.07, 6.45) is 3.24. The number of rotatable bonds is 7. The quantitative estimate of drug-likeness (QED) is 0.639. The van der Waals surface area contributed by atoms with Crippen molar-refractivity contribution in [2.24, 2.45) is 0 Å². The number of hydrogen-bond acceptors (Lipinski definition) is 5. The zero-order chi connectivity index (χ0) is 18.4. The summed E-state index contributed by atoms with van der Waals surface area (Å²) >= 11 is 0. The number of aryl methyl sites for hydroxylation is 1. The molecule has 3 rings (SSSR count). The lowest BCUT2D eigenvalue weighted by Crippen LogP contribution is -2.28. The van der Waals surface area contributed by atoms with E-state index in [1.807, 2.05) is 30.3 Å². The van der Waals surface area contributed by atoms with Crippen LogP contribution in [-0.4, -0.2) is 29.7 Å². The molecule has 0 fully saturated rings. The van der Waals surface area contributed by atoms with Crippen LogP contribution in [0.15, 0.2) is 76.7 Å². The summed E-state index contributed by atoms with van der Waals surface area (Å²) < 4.78 is 28.1. The molecule has 2 heterocycles. The Hall–Kier alpha value is -2.84. The molecule has 0 spiro atoms. The fourth-order valence-corrected chi connectivity index (χ4v) is 3.43. The maximum Gasteiger partial charge on any atom is 0.266 e. The molecule has 1 aromatic carbocycles. The Balaban J connectivity index is 1.63. The Morgan fingerprint density at radius 3 is 2.54 bits per heavy atom. The van der Waals surface area contributed by atoms with Crippen LogP contribution in [-0.2, 0) is 16.6 Å². The summed E-state index contributed by atoms with van der Waals surface area (Å²) in [5.74, 6) is 0. The number of aromatic nitrogens is 3. The molecule has 1 N–H and O–H groups in total. The molecule has 134 valence electrons. The van der Waals surface area contributed by atoms with E-state index in [1.165, 1.54) is 29.2 Å². The summed E-state index contributed by atoms with van der Waals surface area (Å²) in [4.78, 5) is 15.9. The Labute approximate surface area is 151 Å². The molecular formula is C18H18N4O3S. The molecule has 0 amide bonds. The average Bonchev–Trinajstić information content (AvgIpc) is 2.68. The van der Waals surface area contributed by atoms with Crippen molar-refractivity contribution >= 4 is 10.0 Å². The van der Waals surface area contributed by atoms with Gasteiger partial charge in [0.15, 0.2) is 0 Å². The first-order valence-electron chi connectivity index (χ1n) is 8.09. The van der Waals surface area contributed by atoms with E-state index in [9.17, 15) is 13.2 Å². The maximum absolute atomic E-state index is 12.1. The molecule has 0 atom stereocenters. The molecule has 0 aliphatic carbocycles. The highest BCUT2D eigenvalue weighted by Gasteiger charge is 2.12. The predicted octanol–water partition coefficient (Wildman–Crippen LogP) is 1.67. The van der Waals surface area contributed by atoms with Crippen LogP contribution in [0.3, 0.4) is 0 Å². The van der Waals surface area contributed by atoms with Crippen molar-refractivity contribution in [1.29, 1.82) is 0 Å². The van der Waals surface area contributed by atoms with Gasteiger partial charge in [0.1, 0.15) is 4.90 Å². The molecule has 2 aromatic heterocycles. The lowest BCUT2D eigenvalue weighted by Gasteiger charge is -2.08. The summed E-state index contributed by atoms with van der Waals surface area (Å²) in [6.45, 7) is 0.510. The van der Waals surface area contributed by atoms with Gasteiger partial charge in [0.05, 0.1) is 5.69 Å². The first-order valence-corrected chi connectivity index (χ1v) is 9.58. The van der Waals surface area contributed by atoms with Crippen LogP contribution < -0.4 is 10.3 Å². The molecule has 0 saturated heterocycles. The van der Waals surface area contributed by atoms with Crippen LogP contribution in [0, 0.1) is 0 Å². The standard InChI is InChI=1S/C18H18N4O3S/c23-18-10-9-17(15-6-2-1-3-7-15)21-22(18)13-5-12-20-26(24,25)16-8-4-11-19-14-16/h1-4,6-11,14,20H,5,12-13H2. The number of sulfonamides is 1. The summed E-state index contributed by atoms with van der Waals surface area (Å²) in [7, 11) is -3.60. The molecule has 7 nitrogen and oxygen atoms in total. The minimum absolute atomic E-state index is 0.112. The van der Waals surface area contributed by atoms with E-state index in [0.29, 0.717) is 18.7 Å². The average molecular weight is 370 g/mol. The second-order valence-electron chi connectivity index (χ2n) is 5.59. The van der Waals surface area contributed by atoms with Gasteiger partial charge in [0.2, 0.25) is 10.0 Å². The minimum atomic E-state index is -3.60. The zero-order valence-electron chi connectivity index (χ0n) is 13.9.